The molecule has 2 aliphatic heterocycles. The van der Waals surface area contributed by atoms with E-state index in [1.54, 1.807) is 4.90 Å². The van der Waals surface area contributed by atoms with E-state index in [4.69, 9.17) is 0 Å². The van der Waals surface area contributed by atoms with Crippen LogP contribution in [0.4, 0.5) is 0 Å². The molecule has 1 N–H and O–H groups in total. The molecule has 0 aromatic heterocycles. The zero-order chi connectivity index (χ0) is 13.5. The molecule has 0 aromatic carbocycles. The van der Waals surface area contributed by atoms with Crippen molar-refractivity contribution < 1.29 is 13.2 Å². The molecule has 2 heterocycles. The lowest BCUT2D eigenvalue weighted by atomic mass is 10.0. The van der Waals surface area contributed by atoms with Gasteiger partial charge in [-0.15, -0.1) is 0 Å². The number of amides is 1. The molecule has 2 fully saturated rings. The minimum absolute atomic E-state index is 0.0560. The minimum atomic E-state index is -2.94. The van der Waals surface area contributed by atoms with Crippen LogP contribution in [0, 0.1) is 5.92 Å². The third kappa shape index (κ3) is 2.69. The van der Waals surface area contributed by atoms with Crippen LogP contribution < -0.4 is 5.32 Å². The molecule has 1 amide bonds. The molecular formula is C12H22N2O3S. The molecule has 2 saturated heterocycles. The SMILES string of the molecule is CC(C)CC1NC(C)N(C2CCS(=O)(=O)C2)C1=O. The highest BCUT2D eigenvalue weighted by molar-refractivity contribution is 7.91. The van der Waals surface area contributed by atoms with E-state index in [-0.39, 0.29) is 35.7 Å². The molecule has 3 unspecified atom stereocenters. The Morgan fingerprint density at radius 2 is 2.11 bits per heavy atom. The summed E-state index contributed by atoms with van der Waals surface area (Å²) < 4.78 is 23.0. The summed E-state index contributed by atoms with van der Waals surface area (Å²) in [6.45, 7) is 6.10. The largest absolute Gasteiger partial charge is 0.322 e. The number of nitrogens with one attached hydrogen (secondary N) is 1. The summed E-state index contributed by atoms with van der Waals surface area (Å²) in [6.07, 6.45) is 1.33. The Balaban J connectivity index is 2.08. The van der Waals surface area contributed by atoms with Crippen LogP contribution in [0.5, 0.6) is 0 Å². The number of nitrogens with zero attached hydrogens (tertiary/aromatic N) is 1. The van der Waals surface area contributed by atoms with Crippen molar-refractivity contribution in [3.63, 3.8) is 0 Å². The topological polar surface area (TPSA) is 66.5 Å². The average molecular weight is 274 g/mol. The van der Waals surface area contributed by atoms with Crippen molar-refractivity contribution in [2.45, 2.75) is 51.9 Å². The summed E-state index contributed by atoms with van der Waals surface area (Å²) in [5.41, 5.74) is 0. The molecule has 2 rings (SSSR count). The van der Waals surface area contributed by atoms with Crippen LogP contribution >= 0.6 is 0 Å². The number of hydrogen-bond acceptors (Lipinski definition) is 4. The maximum atomic E-state index is 12.3. The zero-order valence-corrected chi connectivity index (χ0v) is 12.0. The molecule has 18 heavy (non-hydrogen) atoms. The first-order valence-electron chi connectivity index (χ1n) is 6.59. The maximum absolute atomic E-state index is 12.3. The van der Waals surface area contributed by atoms with Crippen LogP contribution in [-0.2, 0) is 14.6 Å². The Bertz CT molecular complexity index is 433. The summed E-state index contributed by atoms with van der Waals surface area (Å²) in [5.74, 6) is 0.853. The van der Waals surface area contributed by atoms with Crippen molar-refractivity contribution in [3.05, 3.63) is 0 Å². The number of carbonyl (C=O) groups is 1. The summed E-state index contributed by atoms with van der Waals surface area (Å²) in [6, 6.07) is -0.287. The Morgan fingerprint density at radius 3 is 2.61 bits per heavy atom. The quantitative estimate of drug-likeness (QED) is 0.807. The van der Waals surface area contributed by atoms with Crippen molar-refractivity contribution in [1.82, 2.24) is 10.2 Å². The lowest BCUT2D eigenvalue weighted by molar-refractivity contribution is -0.131. The fourth-order valence-corrected chi connectivity index (χ4v) is 4.66. The zero-order valence-electron chi connectivity index (χ0n) is 11.2. The van der Waals surface area contributed by atoms with Gasteiger partial charge in [0.25, 0.3) is 0 Å². The van der Waals surface area contributed by atoms with E-state index in [1.807, 2.05) is 6.92 Å². The van der Waals surface area contributed by atoms with Gasteiger partial charge >= 0.3 is 0 Å². The molecular weight excluding hydrogens is 252 g/mol. The highest BCUT2D eigenvalue weighted by atomic mass is 32.2. The summed E-state index contributed by atoms with van der Waals surface area (Å²) in [7, 11) is -2.94. The third-order valence-corrected chi connectivity index (χ3v) is 5.47. The van der Waals surface area contributed by atoms with Crippen LogP contribution in [0.2, 0.25) is 0 Å². The van der Waals surface area contributed by atoms with E-state index in [0.29, 0.717) is 12.3 Å². The second-order valence-electron chi connectivity index (χ2n) is 5.83. The highest BCUT2D eigenvalue weighted by Crippen LogP contribution is 2.25. The average Bonchev–Trinajstić information content (AvgIpc) is 2.68. The van der Waals surface area contributed by atoms with E-state index < -0.39 is 9.84 Å². The lowest BCUT2D eigenvalue weighted by Gasteiger charge is -2.26. The van der Waals surface area contributed by atoms with Gasteiger partial charge in [-0.2, -0.15) is 0 Å². The summed E-state index contributed by atoms with van der Waals surface area (Å²) in [4.78, 5) is 14.1. The maximum Gasteiger partial charge on any atom is 0.241 e. The monoisotopic (exact) mass is 274 g/mol. The third-order valence-electron chi connectivity index (χ3n) is 3.72. The second-order valence-corrected chi connectivity index (χ2v) is 8.06. The van der Waals surface area contributed by atoms with Crippen LogP contribution in [0.3, 0.4) is 0 Å². The Hall–Kier alpha value is -0.620. The van der Waals surface area contributed by atoms with E-state index >= 15 is 0 Å². The van der Waals surface area contributed by atoms with Gasteiger partial charge in [-0.05, 0) is 25.7 Å². The van der Waals surface area contributed by atoms with Crippen LogP contribution in [0.1, 0.15) is 33.6 Å². The Kier molecular flexibility index (Phi) is 3.69. The molecule has 0 radical (unpaired) electrons. The van der Waals surface area contributed by atoms with Gasteiger partial charge in [0.05, 0.1) is 23.7 Å². The smallest absolute Gasteiger partial charge is 0.241 e. The number of sulfone groups is 1. The summed E-state index contributed by atoms with van der Waals surface area (Å²) in [5, 5.41) is 3.27. The van der Waals surface area contributed by atoms with E-state index in [1.165, 1.54) is 0 Å². The van der Waals surface area contributed by atoms with Gasteiger partial charge in [0, 0.05) is 6.04 Å². The molecule has 0 saturated carbocycles. The van der Waals surface area contributed by atoms with Crippen LogP contribution in [0.15, 0.2) is 0 Å². The normalized spacial score (nSPS) is 35.7. The van der Waals surface area contributed by atoms with Crippen molar-refractivity contribution >= 4 is 15.7 Å². The van der Waals surface area contributed by atoms with Gasteiger partial charge in [-0.1, -0.05) is 13.8 Å². The molecule has 0 spiro atoms. The van der Waals surface area contributed by atoms with Crippen LogP contribution in [0.25, 0.3) is 0 Å². The van der Waals surface area contributed by atoms with Crippen molar-refractivity contribution in [2.24, 2.45) is 5.92 Å². The molecule has 0 aromatic rings. The minimum Gasteiger partial charge on any atom is -0.322 e. The number of rotatable bonds is 3. The fraction of sp³-hybridized carbons (Fsp3) is 0.917. The predicted octanol–water partition coefficient (Wildman–Crippen LogP) is 0.366. The van der Waals surface area contributed by atoms with Gasteiger partial charge in [0.15, 0.2) is 9.84 Å². The van der Waals surface area contributed by atoms with Gasteiger partial charge in [0.2, 0.25) is 5.91 Å². The Labute approximate surface area is 109 Å². The second kappa shape index (κ2) is 4.81. The van der Waals surface area contributed by atoms with Gasteiger partial charge in [0.1, 0.15) is 0 Å². The molecule has 3 atom stereocenters. The molecule has 2 aliphatic rings. The van der Waals surface area contributed by atoms with E-state index in [9.17, 15) is 13.2 Å². The molecule has 6 heteroatoms. The van der Waals surface area contributed by atoms with Crippen molar-refractivity contribution in [2.75, 3.05) is 11.5 Å². The van der Waals surface area contributed by atoms with E-state index in [0.717, 1.165) is 6.42 Å². The summed E-state index contributed by atoms with van der Waals surface area (Å²) >= 11 is 0. The Morgan fingerprint density at radius 1 is 1.44 bits per heavy atom. The highest BCUT2D eigenvalue weighted by Gasteiger charge is 2.43. The van der Waals surface area contributed by atoms with Gasteiger partial charge < -0.3 is 4.90 Å². The van der Waals surface area contributed by atoms with Crippen LogP contribution in [-0.4, -0.2) is 49.0 Å². The standard InChI is InChI=1S/C12H22N2O3S/c1-8(2)6-11-12(15)14(9(3)13-11)10-4-5-18(16,17)7-10/h8-11,13H,4-7H2,1-3H3. The van der Waals surface area contributed by atoms with Crippen molar-refractivity contribution in [1.29, 1.82) is 0 Å². The van der Waals surface area contributed by atoms with Gasteiger partial charge in [-0.25, -0.2) is 8.42 Å². The van der Waals surface area contributed by atoms with Gasteiger partial charge in [-0.3, -0.25) is 10.1 Å². The first kappa shape index (κ1) is 13.8. The fourth-order valence-electron chi connectivity index (χ4n) is 2.94. The van der Waals surface area contributed by atoms with E-state index in [2.05, 4.69) is 19.2 Å². The molecule has 0 aliphatic carbocycles. The first-order valence-corrected chi connectivity index (χ1v) is 8.41. The number of carbonyl (C=O) groups excluding carboxylic acids is 1. The molecule has 5 nitrogen and oxygen atoms in total. The lowest BCUT2D eigenvalue weighted by Crippen LogP contribution is -2.43. The molecule has 104 valence electrons. The van der Waals surface area contributed by atoms with Crippen molar-refractivity contribution in [3.8, 4) is 0 Å². The predicted molar refractivity (Wildman–Crippen MR) is 69.7 cm³/mol. The molecule has 0 bridgehead atoms. The first-order chi connectivity index (χ1) is 8.30. The number of hydrogen-bond donors (Lipinski definition) is 1.